The Labute approximate surface area is 283 Å². The van der Waals surface area contributed by atoms with Crippen molar-refractivity contribution in [1.82, 2.24) is 15.0 Å². The van der Waals surface area contributed by atoms with E-state index in [-0.39, 0.29) is 5.92 Å². The molecule has 0 saturated heterocycles. The van der Waals surface area contributed by atoms with Gasteiger partial charge in [0.05, 0.1) is 5.56 Å². The molecule has 0 radical (unpaired) electrons. The van der Waals surface area contributed by atoms with Gasteiger partial charge < -0.3 is 4.42 Å². The zero-order chi connectivity index (χ0) is 32.3. The molecular weight excluding hydrogens is 599 g/mol. The van der Waals surface area contributed by atoms with Crippen molar-refractivity contribution in [2.24, 2.45) is 5.92 Å². The van der Waals surface area contributed by atoms with E-state index >= 15 is 0 Å². The van der Waals surface area contributed by atoms with Crippen LogP contribution in [0, 0.1) is 5.92 Å². The molecule has 2 atom stereocenters. The van der Waals surface area contributed by atoms with Crippen LogP contribution >= 0.6 is 0 Å². The van der Waals surface area contributed by atoms with Crippen LogP contribution in [-0.4, -0.2) is 15.0 Å². The summed E-state index contributed by atoms with van der Waals surface area (Å²) >= 11 is 0. The van der Waals surface area contributed by atoms with Gasteiger partial charge in [-0.05, 0) is 63.0 Å². The Balaban J connectivity index is 1.25. The van der Waals surface area contributed by atoms with Gasteiger partial charge in [-0.15, -0.1) is 0 Å². The highest BCUT2D eigenvalue weighted by Crippen LogP contribution is 2.46. The predicted molar refractivity (Wildman–Crippen MR) is 200 cm³/mol. The lowest BCUT2D eigenvalue weighted by Gasteiger charge is -2.24. The van der Waals surface area contributed by atoms with Crippen molar-refractivity contribution in [2.45, 2.75) is 5.92 Å². The molecule has 10 rings (SSSR count). The molecule has 4 nitrogen and oxygen atoms in total. The molecule has 0 N–H and O–H groups in total. The molecule has 2 heterocycles. The maximum Gasteiger partial charge on any atom is 0.167 e. The minimum atomic E-state index is 0.199. The molecule has 0 spiro atoms. The third-order valence-electron chi connectivity index (χ3n) is 9.84. The maximum atomic E-state index is 6.78. The molecule has 4 heteroatoms. The van der Waals surface area contributed by atoms with Crippen molar-refractivity contribution in [2.75, 3.05) is 0 Å². The van der Waals surface area contributed by atoms with E-state index in [4.69, 9.17) is 19.4 Å². The standard InChI is InChI=1S/C45H29N3O/c1-2-10-28(11-3-1)36-26-38-41-37-17-9-8-14-31(37)22-23-40(41)49-42(38)39(27-36)45-47-43(34-20-18-29-12-4-6-15-32(29)24-34)46-44(48-45)35-21-19-30-13-5-7-16-33(30)25-35/h1-27,31,37H. The summed E-state index contributed by atoms with van der Waals surface area (Å²) < 4.78 is 6.78. The Bertz CT molecular complexity index is 2580. The molecule has 49 heavy (non-hydrogen) atoms. The van der Waals surface area contributed by atoms with Crippen molar-refractivity contribution in [3.8, 4) is 45.3 Å². The minimum Gasteiger partial charge on any atom is -0.456 e. The summed E-state index contributed by atoms with van der Waals surface area (Å²) in [4.78, 5) is 15.5. The zero-order valence-corrected chi connectivity index (χ0v) is 26.5. The Morgan fingerprint density at radius 2 is 1.08 bits per heavy atom. The van der Waals surface area contributed by atoms with Crippen molar-refractivity contribution < 1.29 is 4.42 Å². The van der Waals surface area contributed by atoms with Gasteiger partial charge in [0.2, 0.25) is 0 Å². The first kappa shape index (κ1) is 27.7. The fourth-order valence-corrected chi connectivity index (χ4v) is 7.37. The summed E-state index contributed by atoms with van der Waals surface area (Å²) in [7, 11) is 0. The summed E-state index contributed by atoms with van der Waals surface area (Å²) in [5, 5.41) is 5.71. The molecular formula is C45H29N3O. The van der Waals surface area contributed by atoms with Gasteiger partial charge in [-0.3, -0.25) is 0 Å². The van der Waals surface area contributed by atoms with Crippen LogP contribution in [-0.2, 0) is 0 Å². The lowest BCUT2D eigenvalue weighted by atomic mass is 9.78. The van der Waals surface area contributed by atoms with Crippen LogP contribution in [0.25, 0.3) is 83.9 Å². The highest BCUT2D eigenvalue weighted by Gasteiger charge is 2.31. The fourth-order valence-electron chi connectivity index (χ4n) is 7.37. The molecule has 230 valence electrons. The van der Waals surface area contributed by atoms with E-state index in [2.05, 4.69) is 164 Å². The number of benzene rings is 6. The molecule has 2 aliphatic carbocycles. The molecule has 0 amide bonds. The number of hydrogen-bond donors (Lipinski definition) is 0. The fraction of sp³-hybridized carbons (Fsp3) is 0.0444. The number of aromatic nitrogens is 3. The van der Waals surface area contributed by atoms with Crippen LogP contribution in [0.3, 0.4) is 0 Å². The van der Waals surface area contributed by atoms with Crippen LogP contribution in [0.2, 0.25) is 0 Å². The topological polar surface area (TPSA) is 51.8 Å². The third kappa shape index (κ3) is 4.72. The molecule has 2 aromatic heterocycles. The first-order valence-corrected chi connectivity index (χ1v) is 16.7. The predicted octanol–water partition coefficient (Wildman–Crippen LogP) is 11.4. The van der Waals surface area contributed by atoms with Gasteiger partial charge in [0.15, 0.2) is 17.5 Å². The maximum absolute atomic E-state index is 6.78. The van der Waals surface area contributed by atoms with E-state index in [0.717, 1.165) is 55.3 Å². The van der Waals surface area contributed by atoms with Crippen molar-refractivity contribution in [3.63, 3.8) is 0 Å². The Morgan fingerprint density at radius 3 is 1.78 bits per heavy atom. The van der Waals surface area contributed by atoms with Crippen LogP contribution in [0.15, 0.2) is 162 Å². The molecule has 0 bridgehead atoms. The Hall–Kier alpha value is -6.39. The molecule has 8 aromatic rings. The normalized spacial score (nSPS) is 16.3. The summed E-state index contributed by atoms with van der Waals surface area (Å²) in [5.41, 5.74) is 6.93. The highest BCUT2D eigenvalue weighted by atomic mass is 16.3. The van der Waals surface area contributed by atoms with E-state index in [1.807, 2.05) is 0 Å². The smallest absolute Gasteiger partial charge is 0.167 e. The van der Waals surface area contributed by atoms with Gasteiger partial charge in [0.1, 0.15) is 11.3 Å². The number of rotatable bonds is 4. The van der Waals surface area contributed by atoms with E-state index in [1.54, 1.807) is 0 Å². The van der Waals surface area contributed by atoms with Crippen molar-refractivity contribution >= 4 is 38.6 Å². The van der Waals surface area contributed by atoms with Gasteiger partial charge in [-0.2, -0.15) is 0 Å². The van der Waals surface area contributed by atoms with Gasteiger partial charge in [0.25, 0.3) is 0 Å². The first-order chi connectivity index (χ1) is 24.2. The molecule has 6 aromatic carbocycles. The number of nitrogens with zero attached hydrogens (tertiary/aromatic N) is 3. The van der Waals surface area contributed by atoms with Crippen molar-refractivity contribution in [3.05, 3.63) is 169 Å². The van der Waals surface area contributed by atoms with E-state index in [0.29, 0.717) is 23.4 Å². The number of fused-ring (bicyclic) bond motifs is 7. The average Bonchev–Trinajstić information content (AvgIpc) is 3.56. The van der Waals surface area contributed by atoms with Gasteiger partial charge in [-0.25, -0.2) is 15.0 Å². The quantitative estimate of drug-likeness (QED) is 0.195. The van der Waals surface area contributed by atoms with E-state index < -0.39 is 0 Å². The van der Waals surface area contributed by atoms with Crippen LogP contribution in [0.4, 0.5) is 0 Å². The lowest BCUT2D eigenvalue weighted by molar-refractivity contribution is 0.578. The van der Waals surface area contributed by atoms with Gasteiger partial charge in [0, 0.05) is 33.9 Å². The number of allylic oxidation sites excluding steroid dienone is 5. The average molecular weight is 628 g/mol. The van der Waals surface area contributed by atoms with Crippen LogP contribution in [0.1, 0.15) is 17.2 Å². The summed E-state index contributed by atoms with van der Waals surface area (Å²) in [6, 6.07) is 44.5. The van der Waals surface area contributed by atoms with Crippen LogP contribution < -0.4 is 0 Å². The Kier molecular flexibility index (Phi) is 6.28. The summed E-state index contributed by atoms with van der Waals surface area (Å²) in [6.07, 6.45) is 13.2. The lowest BCUT2D eigenvalue weighted by Crippen LogP contribution is -2.12. The van der Waals surface area contributed by atoms with Gasteiger partial charge in [-0.1, -0.05) is 134 Å². The van der Waals surface area contributed by atoms with Crippen LogP contribution in [0.5, 0.6) is 0 Å². The number of furan rings is 1. The second kappa shape index (κ2) is 11.1. The molecule has 0 fully saturated rings. The molecule has 0 saturated carbocycles. The molecule has 2 unspecified atom stereocenters. The van der Waals surface area contributed by atoms with Crippen molar-refractivity contribution in [1.29, 1.82) is 0 Å². The summed E-state index contributed by atoms with van der Waals surface area (Å²) in [6.45, 7) is 0. The first-order valence-electron chi connectivity index (χ1n) is 16.7. The highest BCUT2D eigenvalue weighted by molar-refractivity contribution is 6.00. The summed E-state index contributed by atoms with van der Waals surface area (Å²) in [5.74, 6) is 3.20. The van der Waals surface area contributed by atoms with Gasteiger partial charge >= 0.3 is 0 Å². The molecule has 0 aliphatic heterocycles. The second-order valence-corrected chi connectivity index (χ2v) is 12.8. The largest absolute Gasteiger partial charge is 0.456 e. The van der Waals surface area contributed by atoms with E-state index in [1.165, 1.54) is 16.3 Å². The molecule has 2 aliphatic rings. The minimum absolute atomic E-state index is 0.199. The SMILES string of the molecule is C1=CC2C=Cc3oc4c(-c5nc(-c6ccc7ccccc7c6)nc(-c6ccc7ccccc7c6)n5)cc(-c5ccccc5)cc4c3C2C=C1. The second-order valence-electron chi connectivity index (χ2n) is 12.8. The third-order valence-corrected chi connectivity index (χ3v) is 9.84. The Morgan fingerprint density at radius 1 is 0.469 bits per heavy atom. The monoisotopic (exact) mass is 627 g/mol. The zero-order valence-electron chi connectivity index (χ0n) is 26.5. The number of hydrogen-bond acceptors (Lipinski definition) is 4. The van der Waals surface area contributed by atoms with E-state index in [9.17, 15) is 0 Å².